The lowest BCUT2D eigenvalue weighted by Crippen LogP contribution is -2.33. The fourth-order valence-corrected chi connectivity index (χ4v) is 3.03. The highest BCUT2D eigenvalue weighted by Crippen LogP contribution is 2.30. The van der Waals surface area contributed by atoms with Crippen molar-refractivity contribution < 1.29 is 9.53 Å². The van der Waals surface area contributed by atoms with Gasteiger partial charge < -0.3 is 9.64 Å². The van der Waals surface area contributed by atoms with Crippen LogP contribution in [0.3, 0.4) is 0 Å². The number of ether oxygens (including phenoxy) is 1. The zero-order valence-corrected chi connectivity index (χ0v) is 10.8. The minimum absolute atomic E-state index is 0.0315. The molecule has 2 saturated heterocycles. The average Bonchev–Trinajstić information content (AvgIpc) is 2.55. The largest absolute Gasteiger partial charge is 0.378 e. The molecule has 0 aromatic carbocycles. The molecule has 2 rings (SSSR count). The van der Waals surface area contributed by atoms with Crippen molar-refractivity contribution in [2.24, 2.45) is 0 Å². The van der Waals surface area contributed by atoms with E-state index in [9.17, 15) is 4.79 Å². The number of hydrogen-bond acceptors (Lipinski definition) is 5. The number of likely N-dealkylation sites (N-methyl/N-ethyl adjacent to an activating group) is 1. The molecule has 0 bridgehead atoms. The summed E-state index contributed by atoms with van der Waals surface area (Å²) in [5.41, 5.74) is 0. The van der Waals surface area contributed by atoms with Crippen LogP contribution in [-0.2, 0) is 9.53 Å². The number of carbonyl (C=O) groups is 1. The lowest BCUT2D eigenvalue weighted by atomic mass is 10.4. The van der Waals surface area contributed by atoms with E-state index < -0.39 is 0 Å². The zero-order valence-electron chi connectivity index (χ0n) is 9.14. The Morgan fingerprint density at radius 1 is 1.50 bits per heavy atom. The lowest BCUT2D eigenvalue weighted by Gasteiger charge is -2.25. The SMILES string of the molecule is CCN1C(=O)/C(=C/N2CCOCC2)SC1=S. The van der Waals surface area contributed by atoms with E-state index in [1.54, 1.807) is 4.90 Å². The summed E-state index contributed by atoms with van der Waals surface area (Å²) in [6.07, 6.45) is 1.91. The van der Waals surface area contributed by atoms with Crippen LogP contribution in [0, 0.1) is 0 Å². The van der Waals surface area contributed by atoms with E-state index in [-0.39, 0.29) is 5.91 Å². The maximum Gasteiger partial charge on any atom is 0.267 e. The molecule has 88 valence electrons. The van der Waals surface area contributed by atoms with Crippen LogP contribution in [0.15, 0.2) is 11.1 Å². The molecule has 0 atom stereocenters. The monoisotopic (exact) mass is 258 g/mol. The number of hydrogen-bond donors (Lipinski definition) is 0. The molecule has 2 aliphatic heterocycles. The molecule has 0 unspecified atom stereocenters. The summed E-state index contributed by atoms with van der Waals surface area (Å²) in [6, 6.07) is 0. The van der Waals surface area contributed by atoms with Gasteiger partial charge in [-0.1, -0.05) is 24.0 Å². The highest BCUT2D eigenvalue weighted by atomic mass is 32.2. The van der Waals surface area contributed by atoms with Gasteiger partial charge >= 0.3 is 0 Å². The third-order valence-electron chi connectivity index (χ3n) is 2.54. The van der Waals surface area contributed by atoms with Gasteiger partial charge in [-0.3, -0.25) is 9.69 Å². The molecule has 0 aromatic heterocycles. The van der Waals surface area contributed by atoms with Gasteiger partial charge in [0, 0.05) is 25.8 Å². The molecule has 0 radical (unpaired) electrons. The first-order valence-electron chi connectivity index (χ1n) is 5.29. The van der Waals surface area contributed by atoms with Gasteiger partial charge in [0.25, 0.3) is 5.91 Å². The first-order valence-corrected chi connectivity index (χ1v) is 6.52. The van der Waals surface area contributed by atoms with Gasteiger partial charge in [0.05, 0.1) is 18.1 Å². The number of carbonyl (C=O) groups excluding carboxylic acids is 1. The van der Waals surface area contributed by atoms with Gasteiger partial charge in [0.1, 0.15) is 4.32 Å². The average molecular weight is 258 g/mol. The summed E-state index contributed by atoms with van der Waals surface area (Å²) < 4.78 is 5.91. The smallest absolute Gasteiger partial charge is 0.267 e. The standard InChI is InChI=1S/C10H14N2O2S2/c1-2-12-9(13)8(16-10(12)15)7-11-3-5-14-6-4-11/h7H,2-6H2,1H3/b8-7-. The van der Waals surface area contributed by atoms with Gasteiger partial charge in [0.15, 0.2) is 0 Å². The normalized spacial score (nSPS) is 24.7. The Kier molecular flexibility index (Phi) is 3.83. The Balaban J connectivity index is 2.07. The van der Waals surface area contributed by atoms with Crippen LogP contribution in [0.25, 0.3) is 0 Å². The fraction of sp³-hybridized carbons (Fsp3) is 0.600. The first kappa shape index (κ1) is 11.9. The number of nitrogens with zero attached hydrogens (tertiary/aromatic N) is 2. The quantitative estimate of drug-likeness (QED) is 0.546. The van der Waals surface area contributed by atoms with E-state index >= 15 is 0 Å². The predicted molar refractivity (Wildman–Crippen MR) is 68.1 cm³/mol. The van der Waals surface area contributed by atoms with Crippen LogP contribution in [0.4, 0.5) is 0 Å². The van der Waals surface area contributed by atoms with Gasteiger partial charge in [-0.05, 0) is 6.92 Å². The lowest BCUT2D eigenvalue weighted by molar-refractivity contribution is -0.122. The number of amides is 1. The Labute approximate surface area is 105 Å². The van der Waals surface area contributed by atoms with Crippen LogP contribution in [-0.4, -0.2) is 52.9 Å². The fourth-order valence-electron chi connectivity index (χ4n) is 1.64. The van der Waals surface area contributed by atoms with Gasteiger partial charge in [0.2, 0.25) is 0 Å². The number of morpholine rings is 1. The van der Waals surface area contributed by atoms with Gasteiger partial charge in [-0.15, -0.1) is 0 Å². The molecule has 4 nitrogen and oxygen atoms in total. The van der Waals surface area contributed by atoms with Crippen molar-refractivity contribution in [3.63, 3.8) is 0 Å². The Bertz CT molecular complexity index is 338. The molecule has 0 aliphatic carbocycles. The predicted octanol–water partition coefficient (Wildman–Crippen LogP) is 1.04. The van der Waals surface area contributed by atoms with E-state index in [4.69, 9.17) is 17.0 Å². The zero-order chi connectivity index (χ0) is 11.5. The van der Waals surface area contributed by atoms with Crippen molar-refractivity contribution in [2.45, 2.75) is 6.92 Å². The van der Waals surface area contributed by atoms with E-state index in [1.807, 2.05) is 13.1 Å². The summed E-state index contributed by atoms with van der Waals surface area (Å²) in [5.74, 6) is 0.0315. The molecule has 0 saturated carbocycles. The highest BCUT2D eigenvalue weighted by Gasteiger charge is 2.31. The molecule has 2 fully saturated rings. The van der Waals surface area contributed by atoms with Crippen molar-refractivity contribution in [3.8, 4) is 0 Å². The van der Waals surface area contributed by atoms with E-state index in [1.165, 1.54) is 11.8 Å². The van der Waals surface area contributed by atoms with Gasteiger partial charge in [-0.2, -0.15) is 0 Å². The molecule has 0 spiro atoms. The number of thiocarbonyl (C=S) groups is 1. The molecule has 2 heterocycles. The molecule has 0 aromatic rings. The molecule has 2 aliphatic rings. The summed E-state index contributed by atoms with van der Waals surface area (Å²) in [7, 11) is 0. The van der Waals surface area contributed by atoms with E-state index in [0.717, 1.165) is 31.2 Å². The van der Waals surface area contributed by atoms with E-state index in [2.05, 4.69) is 4.90 Å². The summed E-state index contributed by atoms with van der Waals surface area (Å²) in [6.45, 7) is 5.72. The Morgan fingerprint density at radius 2 is 2.19 bits per heavy atom. The molecule has 16 heavy (non-hydrogen) atoms. The van der Waals surface area contributed by atoms with Crippen molar-refractivity contribution in [1.29, 1.82) is 0 Å². The van der Waals surface area contributed by atoms with Crippen LogP contribution in [0.1, 0.15) is 6.92 Å². The second kappa shape index (κ2) is 5.16. The van der Waals surface area contributed by atoms with E-state index in [0.29, 0.717) is 10.9 Å². The second-order valence-electron chi connectivity index (χ2n) is 3.56. The van der Waals surface area contributed by atoms with Crippen molar-refractivity contribution in [1.82, 2.24) is 9.80 Å². The highest BCUT2D eigenvalue weighted by molar-refractivity contribution is 8.26. The van der Waals surface area contributed by atoms with Crippen LogP contribution in [0.5, 0.6) is 0 Å². The van der Waals surface area contributed by atoms with Crippen LogP contribution < -0.4 is 0 Å². The molecule has 0 N–H and O–H groups in total. The molecule has 1 amide bonds. The Hall–Kier alpha value is -0.590. The maximum absolute atomic E-state index is 11.9. The first-order chi connectivity index (χ1) is 7.72. The van der Waals surface area contributed by atoms with Crippen molar-refractivity contribution in [3.05, 3.63) is 11.1 Å². The second-order valence-corrected chi connectivity index (χ2v) is 5.23. The molecular weight excluding hydrogens is 244 g/mol. The van der Waals surface area contributed by atoms with Crippen molar-refractivity contribution in [2.75, 3.05) is 32.8 Å². The molecular formula is C10H14N2O2S2. The third kappa shape index (κ3) is 2.39. The summed E-state index contributed by atoms with van der Waals surface area (Å²) in [4.78, 5) is 16.4. The Morgan fingerprint density at radius 3 is 2.75 bits per heavy atom. The van der Waals surface area contributed by atoms with Crippen molar-refractivity contribution >= 4 is 34.2 Å². The summed E-state index contributed by atoms with van der Waals surface area (Å²) in [5, 5.41) is 0. The van der Waals surface area contributed by atoms with Crippen LogP contribution in [0.2, 0.25) is 0 Å². The topological polar surface area (TPSA) is 32.8 Å². The number of rotatable bonds is 2. The molecule has 6 heteroatoms. The van der Waals surface area contributed by atoms with Crippen LogP contribution >= 0.6 is 24.0 Å². The number of thioether (sulfide) groups is 1. The summed E-state index contributed by atoms with van der Waals surface area (Å²) >= 11 is 6.53. The van der Waals surface area contributed by atoms with Gasteiger partial charge in [-0.25, -0.2) is 0 Å². The minimum atomic E-state index is 0.0315. The minimum Gasteiger partial charge on any atom is -0.378 e. The maximum atomic E-state index is 11.9. The third-order valence-corrected chi connectivity index (χ3v) is 3.90.